The number of nitrogens with one attached hydrogen (secondary N) is 2. The Hall–Kier alpha value is -2.12. The largest absolute Gasteiger partial charge is 0.419 e. The van der Waals surface area contributed by atoms with Gasteiger partial charge in [-0.15, -0.1) is 0 Å². The van der Waals surface area contributed by atoms with Crippen LogP contribution >= 0.6 is 0 Å². The quantitative estimate of drug-likeness (QED) is 0.804. The molecule has 0 aliphatic rings. The molecule has 0 heterocycles. The van der Waals surface area contributed by atoms with E-state index in [9.17, 15) is 27.2 Å². The second-order valence-corrected chi connectivity index (χ2v) is 6.26. The average molecular weight is 348 g/mol. The summed E-state index contributed by atoms with van der Waals surface area (Å²) in [6.07, 6.45) is -4.81. The molecule has 0 aromatic heterocycles. The maximum atomic E-state index is 13.2. The number of alkyl halides is 3. The standard InChI is InChI=1S/C16H20F4N2O2/c1-9(2)13(23)22-15(3,4)14(24)21-8-10-5-6-12(17)11(7-10)16(18,19)20/h5-7,9H,8H2,1-4H3,(H,21,24)(H,22,23). The molecule has 24 heavy (non-hydrogen) atoms. The molecule has 0 unspecified atom stereocenters. The molecule has 0 fully saturated rings. The van der Waals surface area contributed by atoms with E-state index in [0.717, 1.165) is 6.07 Å². The van der Waals surface area contributed by atoms with Gasteiger partial charge in [0.1, 0.15) is 11.4 Å². The lowest BCUT2D eigenvalue weighted by molar-refractivity contribution is -0.140. The van der Waals surface area contributed by atoms with Crippen molar-refractivity contribution >= 4 is 11.8 Å². The molecule has 0 spiro atoms. The number of hydrogen-bond acceptors (Lipinski definition) is 2. The molecule has 0 bridgehead atoms. The van der Waals surface area contributed by atoms with Crippen molar-refractivity contribution in [3.63, 3.8) is 0 Å². The van der Waals surface area contributed by atoms with E-state index in [2.05, 4.69) is 10.6 Å². The Morgan fingerprint density at radius 1 is 1.17 bits per heavy atom. The zero-order chi connectivity index (χ0) is 18.7. The summed E-state index contributed by atoms with van der Waals surface area (Å²) >= 11 is 0. The Kier molecular flexibility index (Phi) is 5.97. The van der Waals surface area contributed by atoms with Crippen LogP contribution < -0.4 is 10.6 Å². The molecule has 0 saturated carbocycles. The van der Waals surface area contributed by atoms with Gasteiger partial charge in [-0.2, -0.15) is 13.2 Å². The maximum Gasteiger partial charge on any atom is 0.419 e. The molecule has 0 saturated heterocycles. The summed E-state index contributed by atoms with van der Waals surface area (Å²) in [5, 5.41) is 4.98. The molecule has 4 nitrogen and oxygen atoms in total. The van der Waals surface area contributed by atoms with Crippen molar-refractivity contribution in [1.82, 2.24) is 10.6 Å². The first-order valence-electron chi connectivity index (χ1n) is 7.30. The highest BCUT2D eigenvalue weighted by molar-refractivity contribution is 5.91. The minimum Gasteiger partial charge on any atom is -0.350 e. The highest BCUT2D eigenvalue weighted by atomic mass is 19.4. The number of hydrogen-bond donors (Lipinski definition) is 2. The Bertz CT molecular complexity index is 625. The molecule has 2 N–H and O–H groups in total. The van der Waals surface area contributed by atoms with Crippen molar-refractivity contribution in [3.05, 3.63) is 35.1 Å². The second-order valence-electron chi connectivity index (χ2n) is 6.26. The molecule has 134 valence electrons. The van der Waals surface area contributed by atoms with Gasteiger partial charge in [0.05, 0.1) is 5.56 Å². The van der Waals surface area contributed by atoms with Crippen LogP contribution in [-0.4, -0.2) is 17.4 Å². The molecule has 0 atom stereocenters. The number of rotatable bonds is 5. The molecule has 2 amide bonds. The summed E-state index contributed by atoms with van der Waals surface area (Å²) in [6, 6.07) is 2.51. The maximum absolute atomic E-state index is 13.2. The fourth-order valence-corrected chi connectivity index (χ4v) is 1.81. The summed E-state index contributed by atoms with van der Waals surface area (Å²) < 4.78 is 51.2. The van der Waals surface area contributed by atoms with E-state index in [1.165, 1.54) is 13.8 Å². The normalized spacial score (nSPS) is 12.2. The first kappa shape index (κ1) is 19.9. The van der Waals surface area contributed by atoms with Crippen molar-refractivity contribution in [2.45, 2.75) is 46.0 Å². The SMILES string of the molecule is CC(C)C(=O)NC(C)(C)C(=O)NCc1ccc(F)c(C(F)(F)F)c1. The molecule has 0 aliphatic carbocycles. The molecule has 1 rings (SSSR count). The van der Waals surface area contributed by atoms with Gasteiger partial charge in [0.2, 0.25) is 11.8 Å². The lowest BCUT2D eigenvalue weighted by Crippen LogP contribution is -2.55. The summed E-state index contributed by atoms with van der Waals surface area (Å²) in [5.74, 6) is -2.57. The van der Waals surface area contributed by atoms with E-state index < -0.39 is 29.0 Å². The third-order valence-electron chi connectivity index (χ3n) is 3.32. The van der Waals surface area contributed by atoms with Crippen LogP contribution in [0.5, 0.6) is 0 Å². The van der Waals surface area contributed by atoms with Crippen LogP contribution in [0.1, 0.15) is 38.8 Å². The average Bonchev–Trinajstić information content (AvgIpc) is 2.44. The molecule has 0 aliphatic heterocycles. The molecule has 0 radical (unpaired) electrons. The van der Waals surface area contributed by atoms with E-state index in [4.69, 9.17) is 0 Å². The number of carbonyl (C=O) groups is 2. The van der Waals surface area contributed by atoms with Crippen molar-refractivity contribution in [2.75, 3.05) is 0 Å². The van der Waals surface area contributed by atoms with Crippen LogP contribution in [0.2, 0.25) is 0 Å². The van der Waals surface area contributed by atoms with Gasteiger partial charge in [0, 0.05) is 12.5 Å². The van der Waals surface area contributed by atoms with Gasteiger partial charge in [0.15, 0.2) is 0 Å². The van der Waals surface area contributed by atoms with Crippen molar-refractivity contribution in [2.24, 2.45) is 5.92 Å². The van der Waals surface area contributed by atoms with Crippen LogP contribution in [0.3, 0.4) is 0 Å². The fraction of sp³-hybridized carbons (Fsp3) is 0.500. The molecular weight excluding hydrogens is 328 g/mol. The molecule has 1 aromatic rings. The first-order chi connectivity index (χ1) is 10.8. The molecular formula is C16H20F4N2O2. The number of carbonyl (C=O) groups excluding carboxylic acids is 2. The van der Waals surface area contributed by atoms with Crippen molar-refractivity contribution < 1.29 is 27.2 Å². The Morgan fingerprint density at radius 2 is 1.75 bits per heavy atom. The van der Waals surface area contributed by atoms with Crippen molar-refractivity contribution in [3.8, 4) is 0 Å². The Morgan fingerprint density at radius 3 is 2.25 bits per heavy atom. The van der Waals surface area contributed by atoms with Gasteiger partial charge in [-0.25, -0.2) is 4.39 Å². The topological polar surface area (TPSA) is 58.2 Å². The van der Waals surface area contributed by atoms with E-state index in [0.29, 0.717) is 12.1 Å². The lowest BCUT2D eigenvalue weighted by Gasteiger charge is -2.26. The third-order valence-corrected chi connectivity index (χ3v) is 3.32. The summed E-state index contributed by atoms with van der Waals surface area (Å²) in [4.78, 5) is 23.8. The van der Waals surface area contributed by atoms with Gasteiger partial charge in [-0.3, -0.25) is 9.59 Å². The summed E-state index contributed by atoms with van der Waals surface area (Å²) in [6.45, 7) is 6.08. The first-order valence-corrected chi connectivity index (χ1v) is 7.30. The smallest absolute Gasteiger partial charge is 0.350 e. The summed E-state index contributed by atoms with van der Waals surface area (Å²) in [7, 11) is 0. The van der Waals surface area contributed by atoms with E-state index in [1.807, 2.05) is 0 Å². The van der Waals surface area contributed by atoms with Gasteiger partial charge in [-0.1, -0.05) is 19.9 Å². The van der Waals surface area contributed by atoms with Gasteiger partial charge < -0.3 is 10.6 Å². The highest BCUT2D eigenvalue weighted by Crippen LogP contribution is 2.31. The van der Waals surface area contributed by atoms with Gasteiger partial charge in [0.25, 0.3) is 0 Å². The predicted octanol–water partition coefficient (Wildman–Crippen LogP) is 3.01. The van der Waals surface area contributed by atoms with Gasteiger partial charge >= 0.3 is 6.18 Å². The number of amides is 2. The predicted molar refractivity (Wildman–Crippen MR) is 80.3 cm³/mol. The van der Waals surface area contributed by atoms with Crippen molar-refractivity contribution in [1.29, 1.82) is 0 Å². The number of benzene rings is 1. The van der Waals surface area contributed by atoms with Crippen LogP contribution in [0.4, 0.5) is 17.6 Å². The Balaban J connectivity index is 2.79. The minimum absolute atomic E-state index is 0.100. The minimum atomic E-state index is -4.81. The molecule has 8 heteroatoms. The van der Waals surface area contributed by atoms with E-state index >= 15 is 0 Å². The van der Waals surface area contributed by atoms with Gasteiger partial charge in [-0.05, 0) is 31.5 Å². The van der Waals surface area contributed by atoms with E-state index in [-0.39, 0.29) is 23.9 Å². The van der Waals surface area contributed by atoms with Crippen LogP contribution in [0.25, 0.3) is 0 Å². The zero-order valence-electron chi connectivity index (χ0n) is 13.8. The van der Waals surface area contributed by atoms with Crippen LogP contribution in [-0.2, 0) is 22.3 Å². The Labute approximate surface area is 137 Å². The van der Waals surface area contributed by atoms with Crippen LogP contribution in [0, 0.1) is 11.7 Å². The summed E-state index contributed by atoms with van der Waals surface area (Å²) in [5.41, 5.74) is -2.52. The monoisotopic (exact) mass is 348 g/mol. The molecule has 1 aromatic carbocycles. The fourth-order valence-electron chi connectivity index (χ4n) is 1.81. The lowest BCUT2D eigenvalue weighted by atomic mass is 10.0. The van der Waals surface area contributed by atoms with E-state index in [1.54, 1.807) is 13.8 Å². The second kappa shape index (κ2) is 7.19. The number of halogens is 4. The van der Waals surface area contributed by atoms with Crippen LogP contribution in [0.15, 0.2) is 18.2 Å². The zero-order valence-corrected chi connectivity index (χ0v) is 13.8. The third kappa shape index (κ3) is 5.21. The highest BCUT2D eigenvalue weighted by Gasteiger charge is 2.34.